The van der Waals surface area contributed by atoms with Crippen molar-refractivity contribution < 1.29 is 24.2 Å². The van der Waals surface area contributed by atoms with Crippen molar-refractivity contribution in [3.8, 4) is 0 Å². The molecule has 0 heterocycles. The summed E-state index contributed by atoms with van der Waals surface area (Å²) in [4.78, 5) is 33.6. The normalized spacial score (nSPS) is 11.3. The number of esters is 1. The van der Waals surface area contributed by atoms with Gasteiger partial charge in [0.1, 0.15) is 6.04 Å². The van der Waals surface area contributed by atoms with Gasteiger partial charge in [0.25, 0.3) is 0 Å². The molecule has 0 spiro atoms. The van der Waals surface area contributed by atoms with Crippen LogP contribution in [0.15, 0.2) is 24.3 Å². The van der Waals surface area contributed by atoms with E-state index in [2.05, 4.69) is 15.4 Å². The van der Waals surface area contributed by atoms with E-state index in [9.17, 15) is 14.4 Å². The molecule has 3 N–H and O–H groups in total. The van der Waals surface area contributed by atoms with Crippen molar-refractivity contribution in [1.82, 2.24) is 10.6 Å². The lowest BCUT2D eigenvalue weighted by atomic mass is 10.2. The van der Waals surface area contributed by atoms with E-state index in [1.165, 1.54) is 0 Å². The highest BCUT2D eigenvalue weighted by Gasteiger charge is 2.23. The van der Waals surface area contributed by atoms with Crippen LogP contribution >= 0.6 is 11.6 Å². The number of carboxylic acid groups (broad SMARTS) is 1. The number of nitrogens with one attached hydrogen (secondary N) is 2. The molecule has 0 aromatic heterocycles. The second-order valence-corrected chi connectivity index (χ2v) is 4.56. The Morgan fingerprint density at radius 1 is 1.29 bits per heavy atom. The zero-order valence-electron chi connectivity index (χ0n) is 11.3. The first-order chi connectivity index (χ1) is 9.92. The third-order valence-corrected chi connectivity index (χ3v) is 2.82. The molecule has 0 unspecified atom stereocenters. The third kappa shape index (κ3) is 6.13. The first-order valence-corrected chi connectivity index (χ1v) is 6.38. The molecule has 7 nitrogen and oxygen atoms in total. The van der Waals surface area contributed by atoms with Gasteiger partial charge < -0.3 is 20.5 Å². The van der Waals surface area contributed by atoms with Crippen molar-refractivity contribution in [2.24, 2.45) is 0 Å². The number of halogens is 1. The maximum Gasteiger partial charge on any atom is 0.326 e. The number of amides is 2. The molecule has 0 saturated heterocycles. The van der Waals surface area contributed by atoms with Crippen LogP contribution in [0.1, 0.15) is 12.0 Å². The zero-order valence-corrected chi connectivity index (χ0v) is 12.0. The standard InChI is InChI=1S/C13H15ClN2O5/c1-21-11(17)6-10(12(18)19)16-13(20)15-7-8-2-4-9(14)5-3-8/h2-5,10H,6-7H2,1H3,(H,18,19)(H2,15,16,20)/t10-/m0/s1. The van der Waals surface area contributed by atoms with Gasteiger partial charge >= 0.3 is 18.0 Å². The summed E-state index contributed by atoms with van der Waals surface area (Å²) in [5, 5.41) is 14.2. The summed E-state index contributed by atoms with van der Waals surface area (Å²) in [5.74, 6) is -2.04. The van der Waals surface area contributed by atoms with Crippen LogP contribution in [-0.2, 0) is 20.9 Å². The quantitative estimate of drug-likeness (QED) is 0.683. The summed E-state index contributed by atoms with van der Waals surface area (Å²) in [6.45, 7) is 0.202. The molecule has 0 bridgehead atoms. The molecule has 1 aromatic rings. The minimum absolute atomic E-state index is 0.202. The van der Waals surface area contributed by atoms with Gasteiger partial charge in [-0.1, -0.05) is 23.7 Å². The van der Waals surface area contributed by atoms with Gasteiger partial charge in [0.05, 0.1) is 13.5 Å². The molecule has 1 rings (SSSR count). The van der Waals surface area contributed by atoms with E-state index >= 15 is 0 Å². The number of carbonyl (C=O) groups excluding carboxylic acids is 2. The number of ether oxygens (including phenoxy) is 1. The van der Waals surface area contributed by atoms with Crippen molar-refractivity contribution >= 4 is 29.6 Å². The predicted octanol–water partition coefficient (Wildman–Crippen LogP) is 1.16. The highest BCUT2D eigenvalue weighted by atomic mass is 35.5. The highest BCUT2D eigenvalue weighted by molar-refractivity contribution is 6.30. The van der Waals surface area contributed by atoms with E-state index in [0.717, 1.165) is 12.7 Å². The summed E-state index contributed by atoms with van der Waals surface area (Å²) in [7, 11) is 1.14. The van der Waals surface area contributed by atoms with Gasteiger partial charge in [-0.3, -0.25) is 4.79 Å². The van der Waals surface area contributed by atoms with E-state index in [1.807, 2.05) is 0 Å². The monoisotopic (exact) mass is 314 g/mol. The number of urea groups is 1. The average molecular weight is 315 g/mol. The Morgan fingerprint density at radius 3 is 2.43 bits per heavy atom. The Labute approximate surface area is 126 Å². The maximum absolute atomic E-state index is 11.6. The predicted molar refractivity (Wildman–Crippen MR) is 74.9 cm³/mol. The molecule has 1 aromatic carbocycles. The van der Waals surface area contributed by atoms with Crippen molar-refractivity contribution in [1.29, 1.82) is 0 Å². The van der Waals surface area contributed by atoms with Crippen LogP contribution in [0.2, 0.25) is 5.02 Å². The van der Waals surface area contributed by atoms with Gasteiger partial charge in [-0.25, -0.2) is 9.59 Å². The molecule has 1 atom stereocenters. The van der Waals surface area contributed by atoms with Crippen LogP contribution < -0.4 is 10.6 Å². The third-order valence-electron chi connectivity index (χ3n) is 2.57. The van der Waals surface area contributed by atoms with Crippen LogP contribution in [0.5, 0.6) is 0 Å². The number of rotatable bonds is 6. The van der Waals surface area contributed by atoms with Crippen molar-refractivity contribution in [3.05, 3.63) is 34.9 Å². The molecule has 0 fully saturated rings. The number of aliphatic carboxylic acids is 1. The van der Waals surface area contributed by atoms with Gasteiger partial charge in [0.15, 0.2) is 0 Å². The average Bonchev–Trinajstić information content (AvgIpc) is 2.45. The smallest absolute Gasteiger partial charge is 0.326 e. The van der Waals surface area contributed by atoms with E-state index < -0.39 is 30.4 Å². The lowest BCUT2D eigenvalue weighted by Crippen LogP contribution is -2.46. The van der Waals surface area contributed by atoms with Gasteiger partial charge in [0, 0.05) is 11.6 Å². The van der Waals surface area contributed by atoms with E-state index in [4.69, 9.17) is 16.7 Å². The fourth-order valence-electron chi connectivity index (χ4n) is 1.44. The molecule has 8 heteroatoms. The van der Waals surface area contributed by atoms with E-state index in [1.54, 1.807) is 24.3 Å². The number of hydrogen-bond acceptors (Lipinski definition) is 4. The Morgan fingerprint density at radius 2 is 1.90 bits per heavy atom. The fourth-order valence-corrected chi connectivity index (χ4v) is 1.57. The van der Waals surface area contributed by atoms with Crippen molar-refractivity contribution in [2.75, 3.05) is 7.11 Å². The van der Waals surface area contributed by atoms with E-state index in [0.29, 0.717) is 5.02 Å². The molecular weight excluding hydrogens is 300 g/mol. The zero-order chi connectivity index (χ0) is 15.8. The Bertz CT molecular complexity index is 518. The second kappa shape index (κ2) is 8.11. The topological polar surface area (TPSA) is 105 Å². The number of carbonyl (C=O) groups is 3. The molecule has 0 saturated carbocycles. The summed E-state index contributed by atoms with van der Waals surface area (Å²) in [6, 6.07) is 4.77. The molecule has 0 aliphatic heterocycles. The van der Waals surface area contributed by atoms with Crippen LogP contribution in [0.25, 0.3) is 0 Å². The summed E-state index contributed by atoms with van der Waals surface area (Å²) < 4.78 is 4.37. The summed E-state index contributed by atoms with van der Waals surface area (Å²) in [6.07, 6.45) is -0.444. The first kappa shape index (κ1) is 16.8. The van der Waals surface area contributed by atoms with Crippen LogP contribution in [0.3, 0.4) is 0 Å². The molecule has 2 amide bonds. The molecule has 114 valence electrons. The lowest BCUT2D eigenvalue weighted by Gasteiger charge is -2.14. The van der Waals surface area contributed by atoms with Gasteiger partial charge in [0.2, 0.25) is 0 Å². The largest absolute Gasteiger partial charge is 0.480 e. The number of methoxy groups -OCH3 is 1. The lowest BCUT2D eigenvalue weighted by molar-refractivity contribution is -0.147. The minimum atomic E-state index is -1.34. The van der Waals surface area contributed by atoms with Gasteiger partial charge in [-0.15, -0.1) is 0 Å². The molecule has 21 heavy (non-hydrogen) atoms. The Hall–Kier alpha value is -2.28. The maximum atomic E-state index is 11.6. The number of hydrogen-bond donors (Lipinski definition) is 3. The van der Waals surface area contributed by atoms with Gasteiger partial charge in [-0.05, 0) is 17.7 Å². The Balaban J connectivity index is 2.48. The SMILES string of the molecule is COC(=O)C[C@H](NC(=O)NCc1ccc(Cl)cc1)C(=O)O. The molecule has 0 radical (unpaired) electrons. The minimum Gasteiger partial charge on any atom is -0.480 e. The number of benzene rings is 1. The van der Waals surface area contributed by atoms with Crippen LogP contribution in [0, 0.1) is 0 Å². The van der Waals surface area contributed by atoms with Crippen molar-refractivity contribution in [2.45, 2.75) is 19.0 Å². The molecule has 0 aliphatic rings. The summed E-state index contributed by atoms with van der Waals surface area (Å²) >= 11 is 5.73. The molecule has 0 aliphatic carbocycles. The van der Waals surface area contributed by atoms with Crippen LogP contribution in [0.4, 0.5) is 4.79 Å². The number of carboxylic acids is 1. The highest BCUT2D eigenvalue weighted by Crippen LogP contribution is 2.09. The first-order valence-electron chi connectivity index (χ1n) is 6.00. The van der Waals surface area contributed by atoms with E-state index in [-0.39, 0.29) is 6.54 Å². The van der Waals surface area contributed by atoms with Gasteiger partial charge in [-0.2, -0.15) is 0 Å². The fraction of sp³-hybridized carbons (Fsp3) is 0.308. The second-order valence-electron chi connectivity index (χ2n) is 4.12. The van der Waals surface area contributed by atoms with Crippen LogP contribution in [-0.4, -0.2) is 36.2 Å². The summed E-state index contributed by atoms with van der Waals surface area (Å²) in [5.41, 5.74) is 0.800. The Kier molecular flexibility index (Phi) is 6.48. The molecular formula is C13H15ClN2O5. The van der Waals surface area contributed by atoms with Crippen molar-refractivity contribution in [3.63, 3.8) is 0 Å².